The van der Waals surface area contributed by atoms with Crippen molar-refractivity contribution in [2.24, 2.45) is 5.10 Å². The van der Waals surface area contributed by atoms with Crippen LogP contribution in [0.15, 0.2) is 107 Å². The molecular weight excluding hydrogens is 754 g/mol. The van der Waals surface area contributed by atoms with E-state index < -0.39 is 0 Å². The van der Waals surface area contributed by atoms with E-state index in [2.05, 4.69) is 52.9 Å². The van der Waals surface area contributed by atoms with Crippen molar-refractivity contribution in [3.05, 3.63) is 119 Å². The minimum Gasteiger partial charge on any atom is -0.493 e. The van der Waals surface area contributed by atoms with Crippen molar-refractivity contribution in [1.82, 2.24) is 9.66 Å². The number of halogens is 4. The zero-order valence-corrected chi connectivity index (χ0v) is 27.3. The number of para-hydroxylation sites is 2. The molecule has 0 radical (unpaired) electrons. The Balaban J connectivity index is 1.42. The Morgan fingerprint density at radius 3 is 2.60 bits per heavy atom. The molecule has 0 saturated heterocycles. The molecule has 2 heterocycles. The maximum absolute atomic E-state index is 13.6. The van der Waals surface area contributed by atoms with Gasteiger partial charge in [0.05, 0.1) is 24.2 Å². The van der Waals surface area contributed by atoms with Crippen LogP contribution < -0.4 is 15.0 Å². The van der Waals surface area contributed by atoms with Crippen molar-refractivity contribution >= 4 is 87.5 Å². The minimum absolute atomic E-state index is 0.253. The highest BCUT2D eigenvalue weighted by molar-refractivity contribution is 9.11. The summed E-state index contributed by atoms with van der Waals surface area (Å²) < 4.78 is 21.3. The number of ether oxygens (including phenoxy) is 2. The second-order valence-electron chi connectivity index (χ2n) is 9.11. The van der Waals surface area contributed by atoms with E-state index in [1.54, 1.807) is 24.3 Å². The molecule has 0 bridgehead atoms. The van der Waals surface area contributed by atoms with E-state index in [1.165, 1.54) is 18.0 Å². The number of nitrogens with zero attached hydrogens (tertiary/aromatic N) is 3. The van der Waals surface area contributed by atoms with Crippen LogP contribution in [0.4, 0.5) is 0 Å². The number of methoxy groups -OCH3 is 1. The van der Waals surface area contributed by atoms with E-state index in [1.807, 2.05) is 54.6 Å². The van der Waals surface area contributed by atoms with Gasteiger partial charge in [0, 0.05) is 29.9 Å². The molecule has 0 aliphatic carbocycles. The Morgan fingerprint density at radius 2 is 1.81 bits per heavy atom. The molecule has 0 atom stereocenters. The maximum Gasteiger partial charge on any atom is 0.282 e. The molecule has 0 N–H and O–H groups in total. The first-order valence-corrected chi connectivity index (χ1v) is 15.3. The molecule has 6 aromatic rings. The molecule has 6 rings (SSSR count). The molecule has 4 aromatic carbocycles. The third kappa shape index (κ3) is 5.51. The van der Waals surface area contributed by atoms with Crippen LogP contribution in [0.2, 0.25) is 5.02 Å². The van der Waals surface area contributed by atoms with Crippen LogP contribution >= 0.6 is 59.4 Å². The smallest absolute Gasteiger partial charge is 0.282 e. The SMILES string of the molecule is COc1cc(C=Nn2c(-c3cc4ccccc4o3)nc3ccccc3c2=O)c(Br)c(Cl)c1OCc1ccc(Br)cc1Br. The zero-order valence-electron chi connectivity index (χ0n) is 21.8. The Hall–Kier alpha value is -3.44. The van der Waals surface area contributed by atoms with E-state index in [0.717, 1.165) is 19.9 Å². The van der Waals surface area contributed by atoms with Gasteiger partial charge in [-0.3, -0.25) is 4.79 Å². The van der Waals surface area contributed by atoms with Crippen molar-refractivity contribution in [2.75, 3.05) is 7.11 Å². The van der Waals surface area contributed by atoms with Crippen LogP contribution in [-0.2, 0) is 6.61 Å². The zero-order chi connectivity index (χ0) is 29.4. The normalized spacial score (nSPS) is 11.5. The van der Waals surface area contributed by atoms with Crippen molar-refractivity contribution in [2.45, 2.75) is 6.61 Å². The fourth-order valence-corrected chi connectivity index (χ4v) is 6.19. The molecule has 42 heavy (non-hydrogen) atoms. The monoisotopic (exact) mass is 769 g/mol. The molecule has 0 amide bonds. The number of hydrogen-bond acceptors (Lipinski definition) is 6. The first-order chi connectivity index (χ1) is 20.3. The second kappa shape index (κ2) is 12.0. The van der Waals surface area contributed by atoms with E-state index >= 15 is 0 Å². The second-order valence-corrected chi connectivity index (χ2v) is 12.1. The van der Waals surface area contributed by atoms with Crippen LogP contribution in [0, 0.1) is 0 Å². The van der Waals surface area contributed by atoms with Crippen molar-refractivity contribution in [1.29, 1.82) is 0 Å². The van der Waals surface area contributed by atoms with E-state index in [9.17, 15) is 4.79 Å². The lowest BCUT2D eigenvalue weighted by atomic mass is 10.2. The highest BCUT2D eigenvalue weighted by atomic mass is 79.9. The van der Waals surface area contributed by atoms with Gasteiger partial charge in [0.25, 0.3) is 5.56 Å². The van der Waals surface area contributed by atoms with Gasteiger partial charge in [0.2, 0.25) is 5.82 Å². The lowest BCUT2D eigenvalue weighted by molar-refractivity contribution is 0.284. The molecule has 0 aliphatic rings. The molecule has 0 aliphatic heterocycles. The topological polar surface area (TPSA) is 78.9 Å². The van der Waals surface area contributed by atoms with Gasteiger partial charge in [0.15, 0.2) is 17.3 Å². The Labute approximate surface area is 270 Å². The molecular formula is C31H19Br3ClN3O4. The molecule has 0 fully saturated rings. The number of rotatable bonds is 7. The summed E-state index contributed by atoms with van der Waals surface area (Å²) in [5.74, 6) is 1.44. The maximum atomic E-state index is 13.6. The standard InChI is InChI=1S/C31H19Br3ClN3O4/c1-40-25-13-19(27(34)28(35)29(25)41-16-18-10-11-20(32)14-22(18)33)15-36-38-30(26-12-17-6-2-5-9-24(17)42-26)37-23-8-4-3-7-21(23)31(38)39/h2-15H,16H2,1H3. The molecule has 0 spiro atoms. The molecule has 0 saturated carbocycles. The summed E-state index contributed by atoms with van der Waals surface area (Å²) in [6, 6.07) is 24.1. The summed E-state index contributed by atoms with van der Waals surface area (Å²) >= 11 is 17.3. The van der Waals surface area contributed by atoms with Crippen LogP contribution in [0.1, 0.15) is 11.1 Å². The molecule has 7 nitrogen and oxygen atoms in total. The van der Waals surface area contributed by atoms with Crippen molar-refractivity contribution in [3.8, 4) is 23.1 Å². The van der Waals surface area contributed by atoms with E-state index in [0.29, 0.717) is 48.8 Å². The summed E-state index contributed by atoms with van der Waals surface area (Å²) in [5.41, 5.74) is 2.36. The fourth-order valence-electron chi connectivity index (χ4n) is 4.38. The summed E-state index contributed by atoms with van der Waals surface area (Å²) in [5, 5.41) is 6.16. The Morgan fingerprint density at radius 1 is 1.02 bits per heavy atom. The van der Waals surface area contributed by atoms with Gasteiger partial charge in [-0.05, 0) is 58.4 Å². The molecule has 210 valence electrons. The van der Waals surface area contributed by atoms with E-state index in [-0.39, 0.29) is 18.0 Å². The number of benzene rings is 4. The molecule has 2 aromatic heterocycles. The predicted octanol–water partition coefficient (Wildman–Crippen LogP) is 9.22. The van der Waals surface area contributed by atoms with Gasteiger partial charge in [-0.2, -0.15) is 9.78 Å². The van der Waals surface area contributed by atoms with Crippen LogP contribution in [0.3, 0.4) is 0 Å². The van der Waals surface area contributed by atoms with Gasteiger partial charge >= 0.3 is 0 Å². The largest absolute Gasteiger partial charge is 0.493 e. The quantitative estimate of drug-likeness (QED) is 0.151. The van der Waals surface area contributed by atoms with Gasteiger partial charge in [-0.1, -0.05) is 79.9 Å². The Kier molecular flexibility index (Phi) is 8.22. The van der Waals surface area contributed by atoms with Crippen molar-refractivity contribution < 1.29 is 13.9 Å². The summed E-state index contributed by atoms with van der Waals surface area (Å²) in [6.45, 7) is 0.253. The molecule has 0 unspecified atom stereocenters. The van der Waals surface area contributed by atoms with Gasteiger partial charge in [-0.25, -0.2) is 4.98 Å². The predicted molar refractivity (Wildman–Crippen MR) is 176 cm³/mol. The van der Waals surface area contributed by atoms with Gasteiger partial charge in [0.1, 0.15) is 17.2 Å². The minimum atomic E-state index is -0.346. The summed E-state index contributed by atoms with van der Waals surface area (Å²) in [4.78, 5) is 18.4. The fraction of sp³-hybridized carbons (Fsp3) is 0.0645. The lowest BCUT2D eigenvalue weighted by Gasteiger charge is -2.16. The summed E-state index contributed by atoms with van der Waals surface area (Å²) in [7, 11) is 1.53. The lowest BCUT2D eigenvalue weighted by Crippen LogP contribution is -2.20. The third-order valence-corrected chi connectivity index (χ3v) is 9.15. The first-order valence-electron chi connectivity index (χ1n) is 12.5. The van der Waals surface area contributed by atoms with Crippen molar-refractivity contribution in [3.63, 3.8) is 0 Å². The highest BCUT2D eigenvalue weighted by Crippen LogP contribution is 2.43. The number of furan rings is 1. The summed E-state index contributed by atoms with van der Waals surface area (Å²) in [6.07, 6.45) is 1.51. The number of hydrogen-bond donors (Lipinski definition) is 0. The van der Waals surface area contributed by atoms with Crippen LogP contribution in [0.25, 0.3) is 33.5 Å². The average Bonchev–Trinajstić information content (AvgIpc) is 3.43. The average molecular weight is 773 g/mol. The molecule has 11 heteroatoms. The first kappa shape index (κ1) is 28.7. The third-order valence-electron chi connectivity index (χ3n) is 6.47. The Bertz CT molecular complexity index is 2040. The van der Waals surface area contributed by atoms with Gasteiger partial charge in [-0.15, -0.1) is 0 Å². The van der Waals surface area contributed by atoms with Crippen LogP contribution in [0.5, 0.6) is 11.5 Å². The van der Waals surface area contributed by atoms with Gasteiger partial charge < -0.3 is 13.9 Å². The number of aromatic nitrogens is 2. The highest BCUT2D eigenvalue weighted by Gasteiger charge is 2.19. The van der Waals surface area contributed by atoms with Crippen LogP contribution in [-0.4, -0.2) is 23.0 Å². The number of fused-ring (bicyclic) bond motifs is 2. The van der Waals surface area contributed by atoms with E-state index in [4.69, 9.17) is 30.5 Å².